The maximum absolute atomic E-state index is 9.11. The SMILES string of the molecule is OC[C@H]1CCNc2ccccc21. The lowest BCUT2D eigenvalue weighted by molar-refractivity contribution is 0.259. The van der Waals surface area contributed by atoms with Gasteiger partial charge in [-0.3, -0.25) is 0 Å². The average molecular weight is 163 g/mol. The van der Waals surface area contributed by atoms with Gasteiger partial charge in [-0.05, 0) is 18.1 Å². The Morgan fingerprint density at radius 1 is 1.42 bits per heavy atom. The third-order valence-electron chi connectivity index (χ3n) is 2.43. The summed E-state index contributed by atoms with van der Waals surface area (Å²) in [6, 6.07) is 8.19. The molecular formula is C10H13NO. The third-order valence-corrected chi connectivity index (χ3v) is 2.43. The van der Waals surface area contributed by atoms with Crippen molar-refractivity contribution >= 4 is 5.69 Å². The van der Waals surface area contributed by atoms with Crippen molar-refractivity contribution < 1.29 is 5.11 Å². The number of anilines is 1. The molecular weight excluding hydrogens is 150 g/mol. The first kappa shape index (κ1) is 7.62. The summed E-state index contributed by atoms with van der Waals surface area (Å²) in [4.78, 5) is 0. The molecule has 0 unspecified atom stereocenters. The summed E-state index contributed by atoms with van der Waals surface area (Å²) >= 11 is 0. The zero-order valence-corrected chi connectivity index (χ0v) is 6.96. The van der Waals surface area contributed by atoms with Crippen LogP contribution in [0, 0.1) is 0 Å². The van der Waals surface area contributed by atoms with E-state index < -0.39 is 0 Å². The molecule has 0 radical (unpaired) electrons. The van der Waals surface area contributed by atoms with Gasteiger partial charge in [0.25, 0.3) is 0 Å². The number of nitrogens with one attached hydrogen (secondary N) is 1. The predicted octanol–water partition coefficient (Wildman–Crippen LogP) is 1.58. The highest BCUT2D eigenvalue weighted by molar-refractivity contribution is 5.54. The minimum Gasteiger partial charge on any atom is -0.396 e. The van der Waals surface area contributed by atoms with Crippen LogP contribution in [0.3, 0.4) is 0 Å². The van der Waals surface area contributed by atoms with Crippen molar-refractivity contribution in [3.05, 3.63) is 29.8 Å². The number of hydrogen-bond donors (Lipinski definition) is 2. The lowest BCUT2D eigenvalue weighted by Gasteiger charge is -2.24. The third kappa shape index (κ3) is 1.18. The minimum atomic E-state index is 0.263. The summed E-state index contributed by atoms with van der Waals surface area (Å²) in [6.07, 6.45) is 1.04. The number of para-hydroxylation sites is 1. The fourth-order valence-electron chi connectivity index (χ4n) is 1.74. The molecule has 2 heteroatoms. The Morgan fingerprint density at radius 3 is 3.08 bits per heavy atom. The van der Waals surface area contributed by atoms with E-state index in [-0.39, 0.29) is 6.61 Å². The van der Waals surface area contributed by atoms with Gasteiger partial charge in [0.15, 0.2) is 0 Å². The van der Waals surface area contributed by atoms with E-state index in [0.29, 0.717) is 5.92 Å². The molecule has 2 rings (SSSR count). The summed E-state index contributed by atoms with van der Waals surface area (Å²) in [6.45, 7) is 1.24. The lowest BCUT2D eigenvalue weighted by atomic mass is 9.92. The molecule has 0 spiro atoms. The molecule has 0 fully saturated rings. The molecule has 1 aliphatic rings. The fraction of sp³-hybridized carbons (Fsp3) is 0.400. The summed E-state index contributed by atoms with van der Waals surface area (Å²) in [7, 11) is 0. The molecule has 0 saturated carbocycles. The highest BCUT2D eigenvalue weighted by atomic mass is 16.3. The van der Waals surface area contributed by atoms with Gasteiger partial charge in [-0.15, -0.1) is 0 Å². The Hall–Kier alpha value is -1.02. The van der Waals surface area contributed by atoms with E-state index in [1.807, 2.05) is 12.1 Å². The van der Waals surface area contributed by atoms with E-state index in [1.165, 1.54) is 11.3 Å². The summed E-state index contributed by atoms with van der Waals surface area (Å²) in [5.74, 6) is 0.336. The molecule has 2 N–H and O–H groups in total. The smallest absolute Gasteiger partial charge is 0.0501 e. The van der Waals surface area contributed by atoms with E-state index in [0.717, 1.165) is 13.0 Å². The predicted molar refractivity (Wildman–Crippen MR) is 49.4 cm³/mol. The highest BCUT2D eigenvalue weighted by Crippen LogP contribution is 2.30. The van der Waals surface area contributed by atoms with E-state index in [4.69, 9.17) is 5.11 Å². The average Bonchev–Trinajstić information content (AvgIpc) is 2.17. The maximum atomic E-state index is 9.11. The molecule has 0 amide bonds. The van der Waals surface area contributed by atoms with Crippen molar-refractivity contribution in [2.45, 2.75) is 12.3 Å². The Balaban J connectivity index is 2.37. The molecule has 0 aromatic heterocycles. The Labute approximate surface area is 72.2 Å². The Morgan fingerprint density at radius 2 is 2.25 bits per heavy atom. The first-order chi connectivity index (χ1) is 5.92. The maximum Gasteiger partial charge on any atom is 0.0501 e. The number of aliphatic hydroxyl groups is 1. The second-order valence-electron chi connectivity index (χ2n) is 3.18. The van der Waals surface area contributed by atoms with Crippen LogP contribution in [0.2, 0.25) is 0 Å². The van der Waals surface area contributed by atoms with Crippen LogP contribution in [-0.4, -0.2) is 18.3 Å². The van der Waals surface area contributed by atoms with Crippen LogP contribution in [0.1, 0.15) is 17.9 Å². The molecule has 0 aliphatic carbocycles. The van der Waals surface area contributed by atoms with E-state index in [2.05, 4.69) is 17.4 Å². The van der Waals surface area contributed by atoms with Crippen LogP contribution in [0.4, 0.5) is 5.69 Å². The van der Waals surface area contributed by atoms with E-state index in [1.54, 1.807) is 0 Å². The number of aliphatic hydroxyl groups excluding tert-OH is 1. The summed E-state index contributed by atoms with van der Waals surface area (Å²) in [5.41, 5.74) is 2.44. The second kappa shape index (κ2) is 3.15. The number of hydrogen-bond acceptors (Lipinski definition) is 2. The quantitative estimate of drug-likeness (QED) is 0.658. The van der Waals surface area contributed by atoms with Gasteiger partial charge in [-0.2, -0.15) is 0 Å². The summed E-state index contributed by atoms with van der Waals surface area (Å²) in [5, 5.41) is 12.4. The zero-order chi connectivity index (χ0) is 8.39. The highest BCUT2D eigenvalue weighted by Gasteiger charge is 2.17. The van der Waals surface area contributed by atoms with E-state index in [9.17, 15) is 0 Å². The van der Waals surface area contributed by atoms with Gasteiger partial charge in [-0.25, -0.2) is 0 Å². The van der Waals surface area contributed by atoms with Gasteiger partial charge in [0.2, 0.25) is 0 Å². The zero-order valence-electron chi connectivity index (χ0n) is 6.96. The number of benzene rings is 1. The van der Waals surface area contributed by atoms with Crippen molar-refractivity contribution in [1.29, 1.82) is 0 Å². The second-order valence-corrected chi connectivity index (χ2v) is 3.18. The molecule has 1 heterocycles. The van der Waals surface area contributed by atoms with Gasteiger partial charge < -0.3 is 10.4 Å². The van der Waals surface area contributed by atoms with Gasteiger partial charge in [-0.1, -0.05) is 18.2 Å². The number of fused-ring (bicyclic) bond motifs is 1. The van der Waals surface area contributed by atoms with Crippen LogP contribution in [0.15, 0.2) is 24.3 Å². The van der Waals surface area contributed by atoms with Crippen molar-refractivity contribution in [3.63, 3.8) is 0 Å². The first-order valence-electron chi connectivity index (χ1n) is 4.35. The molecule has 0 saturated heterocycles. The van der Waals surface area contributed by atoms with Crippen molar-refractivity contribution in [3.8, 4) is 0 Å². The largest absolute Gasteiger partial charge is 0.396 e. The van der Waals surface area contributed by atoms with Crippen molar-refractivity contribution in [1.82, 2.24) is 0 Å². The van der Waals surface area contributed by atoms with Crippen LogP contribution < -0.4 is 5.32 Å². The monoisotopic (exact) mass is 163 g/mol. The molecule has 1 aromatic carbocycles. The lowest BCUT2D eigenvalue weighted by Crippen LogP contribution is -2.18. The fourth-order valence-corrected chi connectivity index (χ4v) is 1.74. The van der Waals surface area contributed by atoms with Gasteiger partial charge in [0, 0.05) is 18.2 Å². The van der Waals surface area contributed by atoms with E-state index >= 15 is 0 Å². The molecule has 1 aromatic rings. The molecule has 0 bridgehead atoms. The topological polar surface area (TPSA) is 32.3 Å². The molecule has 1 atom stereocenters. The van der Waals surface area contributed by atoms with Crippen LogP contribution in [0.25, 0.3) is 0 Å². The van der Waals surface area contributed by atoms with Crippen molar-refractivity contribution in [2.75, 3.05) is 18.5 Å². The standard InChI is InChI=1S/C10H13NO/c12-7-8-5-6-11-10-4-2-1-3-9(8)10/h1-4,8,11-12H,5-7H2/t8-/m1/s1. The minimum absolute atomic E-state index is 0.263. The normalized spacial score (nSPS) is 21.2. The van der Waals surface area contributed by atoms with Crippen LogP contribution >= 0.6 is 0 Å². The molecule has 1 aliphatic heterocycles. The van der Waals surface area contributed by atoms with Crippen LogP contribution in [-0.2, 0) is 0 Å². The van der Waals surface area contributed by atoms with Gasteiger partial charge >= 0.3 is 0 Å². The molecule has 12 heavy (non-hydrogen) atoms. The van der Waals surface area contributed by atoms with Crippen LogP contribution in [0.5, 0.6) is 0 Å². The molecule has 64 valence electrons. The number of rotatable bonds is 1. The van der Waals surface area contributed by atoms with Crippen molar-refractivity contribution in [2.24, 2.45) is 0 Å². The Kier molecular flexibility index (Phi) is 2.00. The first-order valence-corrected chi connectivity index (χ1v) is 4.35. The molecule has 2 nitrogen and oxygen atoms in total. The summed E-state index contributed by atoms with van der Waals surface area (Å²) < 4.78 is 0. The van der Waals surface area contributed by atoms with Gasteiger partial charge in [0.1, 0.15) is 0 Å². The van der Waals surface area contributed by atoms with Gasteiger partial charge in [0.05, 0.1) is 6.61 Å². The Bertz CT molecular complexity index is 272.